The Morgan fingerprint density at radius 2 is 2.22 bits per heavy atom. The van der Waals surface area contributed by atoms with Crippen LogP contribution in [0.3, 0.4) is 0 Å². The molecule has 1 aliphatic heterocycles. The maximum Gasteiger partial charge on any atom is 0.291 e. The largest absolute Gasteiger partial charge is 0.333 e. The Hall–Kier alpha value is -2.22. The van der Waals surface area contributed by atoms with Crippen molar-refractivity contribution in [3.8, 4) is 0 Å². The lowest BCUT2D eigenvalue weighted by atomic mass is 10.2. The zero-order valence-electron chi connectivity index (χ0n) is 13.9. The van der Waals surface area contributed by atoms with E-state index < -0.39 is 0 Å². The summed E-state index contributed by atoms with van der Waals surface area (Å²) in [5.41, 5.74) is 2.15. The van der Waals surface area contributed by atoms with E-state index in [1.165, 1.54) is 6.33 Å². The molecule has 0 radical (unpaired) electrons. The fourth-order valence-electron chi connectivity index (χ4n) is 2.70. The molecule has 0 saturated carbocycles. The van der Waals surface area contributed by atoms with Gasteiger partial charge in [0, 0.05) is 25.7 Å². The molecule has 2 aromatic heterocycles. The molecular weight excluding hydrogens is 294 g/mol. The molecule has 0 aromatic carbocycles. The first-order chi connectivity index (χ1) is 11.1. The van der Waals surface area contributed by atoms with Crippen LogP contribution in [0.25, 0.3) is 0 Å². The maximum absolute atomic E-state index is 12.5. The highest BCUT2D eigenvalue weighted by Gasteiger charge is 2.25. The van der Waals surface area contributed by atoms with E-state index in [4.69, 9.17) is 0 Å². The third kappa shape index (κ3) is 3.26. The van der Waals surface area contributed by atoms with E-state index in [2.05, 4.69) is 50.5 Å². The van der Waals surface area contributed by atoms with Gasteiger partial charge in [-0.1, -0.05) is 0 Å². The first kappa shape index (κ1) is 15.7. The van der Waals surface area contributed by atoms with Crippen LogP contribution < -0.4 is 0 Å². The lowest BCUT2D eigenvalue weighted by molar-refractivity contribution is 0.0733. The van der Waals surface area contributed by atoms with E-state index in [0.29, 0.717) is 25.0 Å². The van der Waals surface area contributed by atoms with Crippen molar-refractivity contribution >= 4 is 5.91 Å². The SMILES string of the molecule is CC(C)N(C)Cc1ncn2c1CN(C(=O)c1ncn[nH]1)CCC2. The third-order valence-electron chi connectivity index (χ3n) is 4.39. The van der Waals surface area contributed by atoms with Gasteiger partial charge in [-0.05, 0) is 27.3 Å². The minimum absolute atomic E-state index is 0.111. The molecule has 0 aliphatic carbocycles. The Kier molecular flexibility index (Phi) is 4.42. The molecule has 3 heterocycles. The fraction of sp³-hybridized carbons (Fsp3) is 0.600. The molecule has 0 bridgehead atoms. The van der Waals surface area contributed by atoms with Crippen LogP contribution in [0, 0.1) is 0 Å². The summed E-state index contributed by atoms with van der Waals surface area (Å²) < 4.78 is 2.16. The first-order valence-electron chi connectivity index (χ1n) is 7.94. The average Bonchev–Trinajstić information content (AvgIpc) is 3.12. The topological polar surface area (TPSA) is 82.9 Å². The van der Waals surface area contributed by atoms with Crippen LogP contribution in [0.5, 0.6) is 0 Å². The standard InChI is InChI=1S/C15H23N7O/c1-11(2)20(3)7-12-13-8-21(5-4-6-22(13)10-17-12)15(23)14-16-9-18-19-14/h9-11H,4-8H2,1-3H3,(H,16,18,19). The zero-order valence-corrected chi connectivity index (χ0v) is 13.9. The summed E-state index contributed by atoms with van der Waals surface area (Å²) in [4.78, 5) is 25.1. The number of H-pyrrole nitrogens is 1. The van der Waals surface area contributed by atoms with E-state index in [1.807, 2.05) is 11.2 Å². The van der Waals surface area contributed by atoms with Crippen LogP contribution in [0.15, 0.2) is 12.7 Å². The molecular formula is C15H23N7O. The van der Waals surface area contributed by atoms with E-state index >= 15 is 0 Å². The van der Waals surface area contributed by atoms with Crippen molar-refractivity contribution in [1.29, 1.82) is 0 Å². The number of hydrogen-bond donors (Lipinski definition) is 1. The van der Waals surface area contributed by atoms with Gasteiger partial charge in [-0.25, -0.2) is 9.97 Å². The van der Waals surface area contributed by atoms with Crippen LogP contribution in [0.4, 0.5) is 0 Å². The summed E-state index contributed by atoms with van der Waals surface area (Å²) in [6, 6.07) is 0.449. The van der Waals surface area contributed by atoms with Crippen molar-refractivity contribution in [3.05, 3.63) is 29.9 Å². The van der Waals surface area contributed by atoms with Crippen molar-refractivity contribution in [1.82, 2.24) is 34.5 Å². The van der Waals surface area contributed by atoms with Gasteiger partial charge in [0.2, 0.25) is 5.82 Å². The third-order valence-corrected chi connectivity index (χ3v) is 4.39. The van der Waals surface area contributed by atoms with Crippen molar-refractivity contribution in [2.75, 3.05) is 13.6 Å². The lowest BCUT2D eigenvalue weighted by Crippen LogP contribution is -2.32. The molecule has 1 aliphatic rings. The predicted molar refractivity (Wildman–Crippen MR) is 84.6 cm³/mol. The number of amides is 1. The molecule has 8 nitrogen and oxygen atoms in total. The van der Waals surface area contributed by atoms with Crippen molar-refractivity contribution in [3.63, 3.8) is 0 Å². The minimum atomic E-state index is -0.111. The van der Waals surface area contributed by atoms with Crippen molar-refractivity contribution < 1.29 is 4.79 Å². The minimum Gasteiger partial charge on any atom is -0.333 e. The number of carbonyl (C=O) groups excluding carboxylic acids is 1. The quantitative estimate of drug-likeness (QED) is 0.905. The molecule has 124 valence electrons. The number of hydrogen-bond acceptors (Lipinski definition) is 5. The van der Waals surface area contributed by atoms with Crippen molar-refractivity contribution in [2.45, 2.75) is 45.9 Å². The van der Waals surface area contributed by atoms with Crippen LogP contribution >= 0.6 is 0 Å². The molecule has 0 atom stereocenters. The summed E-state index contributed by atoms with van der Waals surface area (Å²) in [5, 5.41) is 6.42. The van der Waals surface area contributed by atoms with E-state index in [1.54, 1.807) is 0 Å². The maximum atomic E-state index is 12.5. The van der Waals surface area contributed by atoms with E-state index in [0.717, 1.165) is 30.9 Å². The van der Waals surface area contributed by atoms with Crippen LogP contribution in [0.1, 0.15) is 42.3 Å². The van der Waals surface area contributed by atoms with Gasteiger partial charge in [-0.15, -0.1) is 0 Å². The van der Waals surface area contributed by atoms with Crippen molar-refractivity contribution in [2.24, 2.45) is 0 Å². The molecule has 0 spiro atoms. The second kappa shape index (κ2) is 6.49. The number of aryl methyl sites for hydroxylation is 1. The van der Waals surface area contributed by atoms with Gasteiger partial charge in [0.25, 0.3) is 5.91 Å². The molecule has 0 unspecified atom stereocenters. The highest BCUT2D eigenvalue weighted by Crippen LogP contribution is 2.19. The molecule has 3 rings (SSSR count). The van der Waals surface area contributed by atoms with Gasteiger partial charge in [0.05, 0.1) is 24.3 Å². The summed E-state index contributed by atoms with van der Waals surface area (Å²) >= 11 is 0. The molecule has 8 heteroatoms. The Labute approximate surface area is 135 Å². The van der Waals surface area contributed by atoms with E-state index in [9.17, 15) is 4.79 Å². The molecule has 0 saturated heterocycles. The number of nitrogens with one attached hydrogen (secondary N) is 1. The van der Waals surface area contributed by atoms with Gasteiger partial charge in [-0.3, -0.25) is 14.8 Å². The zero-order chi connectivity index (χ0) is 16.4. The van der Waals surface area contributed by atoms with Gasteiger partial charge < -0.3 is 9.47 Å². The molecule has 2 aromatic rings. The van der Waals surface area contributed by atoms with Gasteiger partial charge in [0.1, 0.15) is 6.33 Å². The highest BCUT2D eigenvalue weighted by molar-refractivity contribution is 5.90. The molecule has 1 N–H and O–H groups in total. The summed E-state index contributed by atoms with van der Waals surface area (Å²) in [6.45, 7) is 7.25. The Morgan fingerprint density at radius 1 is 1.39 bits per heavy atom. The van der Waals surface area contributed by atoms with Crippen LogP contribution in [0.2, 0.25) is 0 Å². The second-order valence-electron chi connectivity index (χ2n) is 6.25. The predicted octanol–water partition coefficient (Wildman–Crippen LogP) is 0.887. The number of aromatic nitrogens is 5. The summed E-state index contributed by atoms with van der Waals surface area (Å²) in [5.74, 6) is 0.180. The summed E-state index contributed by atoms with van der Waals surface area (Å²) in [7, 11) is 2.09. The average molecular weight is 317 g/mol. The normalized spacial score (nSPS) is 15.1. The second-order valence-corrected chi connectivity index (χ2v) is 6.25. The Balaban J connectivity index is 1.81. The van der Waals surface area contributed by atoms with Gasteiger partial charge in [0.15, 0.2) is 0 Å². The number of carbonyl (C=O) groups is 1. The van der Waals surface area contributed by atoms with E-state index in [-0.39, 0.29) is 5.91 Å². The monoisotopic (exact) mass is 317 g/mol. The van der Waals surface area contributed by atoms with Gasteiger partial charge in [-0.2, -0.15) is 5.10 Å². The number of nitrogens with zero attached hydrogens (tertiary/aromatic N) is 6. The highest BCUT2D eigenvalue weighted by atomic mass is 16.2. The summed E-state index contributed by atoms with van der Waals surface area (Å²) in [6.07, 6.45) is 4.16. The molecule has 0 fully saturated rings. The number of imidazole rings is 1. The number of rotatable bonds is 4. The van der Waals surface area contributed by atoms with Crippen LogP contribution in [-0.4, -0.2) is 60.1 Å². The molecule has 1 amide bonds. The molecule has 23 heavy (non-hydrogen) atoms. The Bertz CT molecular complexity index is 661. The Morgan fingerprint density at radius 3 is 2.91 bits per heavy atom. The van der Waals surface area contributed by atoms with Gasteiger partial charge >= 0.3 is 0 Å². The number of aromatic amines is 1. The van der Waals surface area contributed by atoms with Crippen LogP contribution in [-0.2, 0) is 19.6 Å². The first-order valence-corrected chi connectivity index (χ1v) is 7.94. The smallest absolute Gasteiger partial charge is 0.291 e. The number of fused-ring (bicyclic) bond motifs is 1. The fourth-order valence-corrected chi connectivity index (χ4v) is 2.70. The lowest BCUT2D eigenvalue weighted by Gasteiger charge is -2.22.